The third-order valence-corrected chi connectivity index (χ3v) is 4.05. The number of nitrogens with one attached hydrogen (secondary N) is 1. The van der Waals surface area contributed by atoms with Crippen molar-refractivity contribution in [2.75, 3.05) is 18.4 Å². The summed E-state index contributed by atoms with van der Waals surface area (Å²) in [5, 5.41) is 13.5. The predicted octanol–water partition coefficient (Wildman–Crippen LogP) is 2.49. The number of amides is 2. The van der Waals surface area contributed by atoms with Gasteiger partial charge in [-0.05, 0) is 25.0 Å². The number of nitro benzene ring substituents is 1. The number of nitrogens with zero attached hydrogens (tertiary/aromatic N) is 2. The number of nitro groups is 1. The number of benzene rings is 1. The van der Waals surface area contributed by atoms with Gasteiger partial charge in [0.1, 0.15) is 0 Å². The maximum Gasteiger partial charge on any atom is 0.269 e. The van der Waals surface area contributed by atoms with Crippen molar-refractivity contribution in [1.82, 2.24) is 4.90 Å². The first-order chi connectivity index (χ1) is 10.9. The van der Waals surface area contributed by atoms with Gasteiger partial charge < -0.3 is 10.2 Å². The average Bonchev–Trinajstić information content (AvgIpc) is 2.88. The molecule has 1 aromatic carbocycles. The molecule has 0 bridgehead atoms. The molecule has 2 amide bonds. The third-order valence-electron chi connectivity index (χ3n) is 4.05. The van der Waals surface area contributed by atoms with Gasteiger partial charge in [0.15, 0.2) is 0 Å². The molecule has 1 aromatic rings. The van der Waals surface area contributed by atoms with Gasteiger partial charge in [0.25, 0.3) is 5.69 Å². The summed E-state index contributed by atoms with van der Waals surface area (Å²) in [5.74, 6) is -0.567. The maximum absolute atomic E-state index is 12.3. The van der Waals surface area contributed by atoms with Gasteiger partial charge in [-0.2, -0.15) is 0 Å². The van der Waals surface area contributed by atoms with Crippen LogP contribution in [0.2, 0.25) is 0 Å². The topological polar surface area (TPSA) is 92.6 Å². The maximum atomic E-state index is 12.3. The van der Waals surface area contributed by atoms with Crippen molar-refractivity contribution in [3.05, 3.63) is 33.9 Å². The number of anilines is 1. The van der Waals surface area contributed by atoms with Gasteiger partial charge in [-0.25, -0.2) is 0 Å². The molecule has 124 valence electrons. The Morgan fingerprint density at radius 3 is 2.83 bits per heavy atom. The molecule has 0 spiro atoms. The van der Waals surface area contributed by atoms with Crippen molar-refractivity contribution in [3.8, 4) is 0 Å². The van der Waals surface area contributed by atoms with Crippen LogP contribution < -0.4 is 5.32 Å². The van der Waals surface area contributed by atoms with Crippen LogP contribution in [0.3, 0.4) is 0 Å². The fourth-order valence-corrected chi connectivity index (χ4v) is 2.65. The summed E-state index contributed by atoms with van der Waals surface area (Å²) < 4.78 is 0. The molecule has 1 heterocycles. The Hall–Kier alpha value is -2.44. The number of carbonyl (C=O) groups is 2. The molecule has 23 heavy (non-hydrogen) atoms. The molecule has 7 nitrogen and oxygen atoms in total. The van der Waals surface area contributed by atoms with E-state index in [9.17, 15) is 19.7 Å². The van der Waals surface area contributed by atoms with E-state index in [1.807, 2.05) is 0 Å². The van der Waals surface area contributed by atoms with Crippen LogP contribution >= 0.6 is 0 Å². The van der Waals surface area contributed by atoms with E-state index in [1.54, 1.807) is 11.8 Å². The van der Waals surface area contributed by atoms with Crippen molar-refractivity contribution >= 4 is 23.2 Å². The molecular weight excluding hydrogens is 298 g/mol. The van der Waals surface area contributed by atoms with E-state index in [2.05, 4.69) is 12.2 Å². The quantitative estimate of drug-likeness (QED) is 0.644. The second kappa shape index (κ2) is 7.21. The van der Waals surface area contributed by atoms with Gasteiger partial charge >= 0.3 is 0 Å². The zero-order chi connectivity index (χ0) is 17.0. The highest BCUT2D eigenvalue weighted by molar-refractivity contribution is 5.97. The molecule has 0 aliphatic carbocycles. The number of carbonyl (C=O) groups excluding carboxylic acids is 2. The second-order valence-electron chi connectivity index (χ2n) is 5.84. The van der Waals surface area contributed by atoms with Crippen molar-refractivity contribution in [1.29, 1.82) is 0 Å². The van der Waals surface area contributed by atoms with E-state index in [1.165, 1.54) is 18.2 Å². The van der Waals surface area contributed by atoms with Gasteiger partial charge in [0, 0.05) is 37.3 Å². The minimum absolute atomic E-state index is 0.0118. The normalized spacial score (nSPS) is 17.4. The van der Waals surface area contributed by atoms with Crippen LogP contribution in [0, 0.1) is 23.0 Å². The van der Waals surface area contributed by atoms with Crippen molar-refractivity contribution in [2.24, 2.45) is 5.92 Å². The van der Waals surface area contributed by atoms with E-state index in [0.717, 1.165) is 12.8 Å². The lowest BCUT2D eigenvalue weighted by Crippen LogP contribution is -2.29. The van der Waals surface area contributed by atoms with Crippen LogP contribution in [0.1, 0.15) is 31.7 Å². The van der Waals surface area contributed by atoms with Gasteiger partial charge in [0.2, 0.25) is 11.8 Å². The summed E-state index contributed by atoms with van der Waals surface area (Å²) >= 11 is 0. The van der Waals surface area contributed by atoms with E-state index in [0.29, 0.717) is 24.3 Å². The molecule has 7 heteroatoms. The Morgan fingerprint density at radius 2 is 2.22 bits per heavy atom. The van der Waals surface area contributed by atoms with Gasteiger partial charge in [-0.1, -0.05) is 13.3 Å². The summed E-state index contributed by atoms with van der Waals surface area (Å²) in [5.41, 5.74) is 1.15. The summed E-state index contributed by atoms with van der Waals surface area (Å²) in [6.45, 7) is 4.89. The Kier molecular flexibility index (Phi) is 5.31. The lowest BCUT2D eigenvalue weighted by Gasteiger charge is -2.16. The van der Waals surface area contributed by atoms with Gasteiger partial charge in [-0.15, -0.1) is 0 Å². The molecule has 0 radical (unpaired) electrons. The fourth-order valence-electron chi connectivity index (χ4n) is 2.65. The van der Waals surface area contributed by atoms with Crippen molar-refractivity contribution < 1.29 is 14.5 Å². The van der Waals surface area contributed by atoms with E-state index in [-0.39, 0.29) is 29.8 Å². The Bertz CT molecular complexity index is 630. The lowest BCUT2D eigenvalue weighted by molar-refractivity contribution is -0.384. The van der Waals surface area contributed by atoms with E-state index >= 15 is 0 Å². The average molecular weight is 319 g/mol. The number of non-ortho nitro benzene ring substituents is 1. The van der Waals surface area contributed by atoms with Crippen LogP contribution in [0.4, 0.5) is 11.4 Å². The summed E-state index contributed by atoms with van der Waals surface area (Å²) in [6, 6.07) is 4.30. The monoisotopic (exact) mass is 319 g/mol. The zero-order valence-corrected chi connectivity index (χ0v) is 13.4. The van der Waals surface area contributed by atoms with E-state index in [4.69, 9.17) is 0 Å². The smallest absolute Gasteiger partial charge is 0.269 e. The highest BCUT2D eigenvalue weighted by atomic mass is 16.6. The summed E-state index contributed by atoms with van der Waals surface area (Å²) in [7, 11) is 0. The summed E-state index contributed by atoms with van der Waals surface area (Å²) in [6.07, 6.45) is 2.16. The number of likely N-dealkylation sites (tertiary alicyclic amines) is 1. The molecule has 1 fully saturated rings. The van der Waals surface area contributed by atoms with E-state index < -0.39 is 4.92 Å². The number of rotatable bonds is 6. The van der Waals surface area contributed by atoms with Crippen LogP contribution in [0.15, 0.2) is 18.2 Å². The summed E-state index contributed by atoms with van der Waals surface area (Å²) in [4.78, 5) is 36.2. The first-order valence-corrected chi connectivity index (χ1v) is 7.76. The number of aryl methyl sites for hydroxylation is 1. The minimum atomic E-state index is -0.472. The Morgan fingerprint density at radius 1 is 1.48 bits per heavy atom. The second-order valence-corrected chi connectivity index (χ2v) is 5.84. The minimum Gasteiger partial charge on any atom is -0.342 e. The predicted molar refractivity (Wildman–Crippen MR) is 86.1 cm³/mol. The number of unbranched alkanes of at least 4 members (excludes halogenated alkanes) is 1. The Labute approximate surface area is 134 Å². The van der Waals surface area contributed by atoms with Gasteiger partial charge in [0.05, 0.1) is 10.8 Å². The standard InChI is InChI=1S/C16H21N3O4/c1-3-4-7-18-10-12(9-15(18)20)16(21)17-14-6-5-13(19(22)23)8-11(14)2/h5-6,8,12H,3-4,7,9-10H2,1-2H3,(H,17,21). The molecule has 1 N–H and O–H groups in total. The Balaban J connectivity index is 2.00. The zero-order valence-electron chi connectivity index (χ0n) is 13.4. The number of hydrogen-bond acceptors (Lipinski definition) is 4. The molecule has 1 aliphatic rings. The van der Waals surface area contributed by atoms with Crippen LogP contribution in [-0.2, 0) is 9.59 Å². The molecule has 1 unspecified atom stereocenters. The molecule has 0 aromatic heterocycles. The lowest BCUT2D eigenvalue weighted by atomic mass is 10.1. The largest absolute Gasteiger partial charge is 0.342 e. The van der Waals surface area contributed by atoms with Crippen LogP contribution in [0.5, 0.6) is 0 Å². The molecule has 1 atom stereocenters. The van der Waals surface area contributed by atoms with Crippen LogP contribution in [-0.4, -0.2) is 34.7 Å². The molecule has 1 aliphatic heterocycles. The highest BCUT2D eigenvalue weighted by Gasteiger charge is 2.34. The number of hydrogen-bond donors (Lipinski definition) is 1. The van der Waals surface area contributed by atoms with Crippen LogP contribution in [0.25, 0.3) is 0 Å². The first kappa shape index (κ1) is 16.9. The molecule has 2 rings (SSSR count). The molecule has 1 saturated heterocycles. The molecule has 0 saturated carbocycles. The molecular formula is C16H21N3O4. The first-order valence-electron chi connectivity index (χ1n) is 7.76. The van der Waals surface area contributed by atoms with Gasteiger partial charge in [-0.3, -0.25) is 19.7 Å². The van der Waals surface area contributed by atoms with Crippen molar-refractivity contribution in [2.45, 2.75) is 33.1 Å². The fraction of sp³-hybridized carbons (Fsp3) is 0.500. The SMILES string of the molecule is CCCCN1CC(C(=O)Nc2ccc([N+](=O)[O-])cc2C)CC1=O. The van der Waals surface area contributed by atoms with Crippen molar-refractivity contribution in [3.63, 3.8) is 0 Å². The highest BCUT2D eigenvalue weighted by Crippen LogP contribution is 2.24. The third kappa shape index (κ3) is 4.06.